The number of amides is 2. The van der Waals surface area contributed by atoms with E-state index in [1.54, 1.807) is 13.8 Å². The van der Waals surface area contributed by atoms with Crippen molar-refractivity contribution >= 4 is 34.0 Å². The molecule has 26 heavy (non-hydrogen) atoms. The molecule has 2 amide bonds. The van der Waals surface area contributed by atoms with Crippen LogP contribution in [-0.4, -0.2) is 43.2 Å². The Balaban J connectivity index is 0.00000301. The van der Waals surface area contributed by atoms with Crippen molar-refractivity contribution in [3.05, 3.63) is 23.6 Å². The lowest BCUT2D eigenvalue weighted by Gasteiger charge is -2.18. The first-order valence-electron chi connectivity index (χ1n) is 8.64. The first kappa shape index (κ1) is 24.7. The second kappa shape index (κ2) is 12.1. The third-order valence-electron chi connectivity index (χ3n) is 3.27. The van der Waals surface area contributed by atoms with Crippen LogP contribution in [0, 0.1) is 0 Å². The minimum Gasteiger partial charge on any atom is -0.362 e. The van der Waals surface area contributed by atoms with E-state index in [-0.39, 0.29) is 29.2 Å². The van der Waals surface area contributed by atoms with Gasteiger partial charge in [-0.25, -0.2) is 4.18 Å². The maximum atomic E-state index is 12.5. The maximum Gasteiger partial charge on any atom is 0.448 e. The molecule has 0 radical (unpaired) electrons. The van der Waals surface area contributed by atoms with Crippen molar-refractivity contribution in [1.82, 2.24) is 4.90 Å². The van der Waals surface area contributed by atoms with Crippen molar-refractivity contribution < 1.29 is 26.4 Å². The Morgan fingerprint density at radius 3 is 2.38 bits per heavy atom. The van der Waals surface area contributed by atoms with Crippen LogP contribution in [0.4, 0.5) is 0 Å². The summed E-state index contributed by atoms with van der Waals surface area (Å²) in [6.07, 6.45) is 4.24. The number of hydrogen-bond donors (Lipinski definition) is 0. The molecule has 1 heterocycles. The zero-order chi connectivity index (χ0) is 20.3. The minimum atomic E-state index is -4.16. The highest BCUT2D eigenvalue weighted by Gasteiger charge is 2.40. The number of likely N-dealkylation sites (tertiary alicyclic amines) is 1. The fourth-order valence-electron chi connectivity index (χ4n) is 2.09. The fraction of sp³-hybridized carbons (Fsp3) is 0.647. The Morgan fingerprint density at radius 2 is 1.92 bits per heavy atom. The Kier molecular flexibility index (Phi) is 11.5. The van der Waals surface area contributed by atoms with Gasteiger partial charge in [0.05, 0.1) is 12.4 Å². The number of allylic oxidation sites excluding steroid dienone is 3. The average molecular weight is 408 g/mol. The summed E-state index contributed by atoms with van der Waals surface area (Å²) in [5.41, 5.74) is 0.393. The van der Waals surface area contributed by atoms with Crippen LogP contribution in [0.15, 0.2) is 23.6 Å². The topological polar surface area (TPSA) is 90.0 Å². The Bertz CT molecular complexity index is 640. The van der Waals surface area contributed by atoms with Crippen LogP contribution in [0.2, 0.25) is 0 Å². The molecule has 1 aliphatic rings. The molecule has 1 rings (SSSR count). The van der Waals surface area contributed by atoms with E-state index in [1.807, 2.05) is 20.8 Å². The van der Waals surface area contributed by atoms with Gasteiger partial charge in [-0.3, -0.25) is 14.5 Å². The van der Waals surface area contributed by atoms with Crippen LogP contribution in [0.25, 0.3) is 0 Å². The number of carbonyl (C=O) groups is 2. The zero-order valence-electron chi connectivity index (χ0n) is 16.3. The molecule has 1 atom stereocenters. The number of thioether (sulfide) groups is 1. The summed E-state index contributed by atoms with van der Waals surface area (Å²) < 4.78 is 31.8. The average Bonchev–Trinajstić information content (AvgIpc) is 2.92. The van der Waals surface area contributed by atoms with Gasteiger partial charge in [-0.1, -0.05) is 27.7 Å². The van der Waals surface area contributed by atoms with Crippen LogP contribution in [0.5, 0.6) is 0 Å². The van der Waals surface area contributed by atoms with Crippen LogP contribution in [0.1, 0.15) is 53.9 Å². The van der Waals surface area contributed by atoms with Gasteiger partial charge in [0.2, 0.25) is 11.8 Å². The highest BCUT2D eigenvalue weighted by Crippen LogP contribution is 2.30. The summed E-state index contributed by atoms with van der Waals surface area (Å²) in [7, 11) is -3.18. The normalized spacial score (nSPS) is 18.7. The zero-order valence-corrected chi connectivity index (χ0v) is 17.9. The number of carbonyl (C=O) groups excluding carboxylic acids is 2. The van der Waals surface area contributed by atoms with Crippen LogP contribution < -0.4 is 0 Å². The highest BCUT2D eigenvalue weighted by molar-refractivity contribution is 8.00. The monoisotopic (exact) mass is 407 g/mol. The Morgan fingerprint density at radius 1 is 1.31 bits per heavy atom. The van der Waals surface area contributed by atoms with Gasteiger partial charge >= 0.3 is 10.4 Å². The molecular formula is C17H29NO6S2. The molecule has 1 aliphatic heterocycles. The van der Waals surface area contributed by atoms with Gasteiger partial charge in [-0.15, -0.1) is 11.8 Å². The molecule has 0 aliphatic carbocycles. The molecule has 150 valence electrons. The molecule has 0 saturated carbocycles. The summed E-state index contributed by atoms with van der Waals surface area (Å²) in [6, 6.07) is 0. The SMILES string of the molecule is C/C=C(\C=C(/CC)N1C(=O)CC(SCCC)C1=O)OS(=O)(=O)OC.CC. The van der Waals surface area contributed by atoms with Gasteiger partial charge in [0, 0.05) is 18.2 Å². The molecule has 1 unspecified atom stereocenters. The first-order valence-corrected chi connectivity index (χ1v) is 11.0. The second-order valence-electron chi connectivity index (χ2n) is 4.97. The van der Waals surface area contributed by atoms with Gasteiger partial charge in [-0.2, -0.15) is 8.42 Å². The van der Waals surface area contributed by atoms with Gasteiger partial charge in [0.25, 0.3) is 0 Å². The van der Waals surface area contributed by atoms with E-state index in [0.717, 1.165) is 24.2 Å². The second-order valence-corrected chi connectivity index (χ2v) is 7.60. The number of rotatable bonds is 9. The van der Waals surface area contributed by atoms with Gasteiger partial charge < -0.3 is 4.18 Å². The number of hydrogen-bond acceptors (Lipinski definition) is 7. The van der Waals surface area contributed by atoms with Crippen molar-refractivity contribution in [2.24, 2.45) is 0 Å². The Hall–Kier alpha value is -1.32. The molecule has 0 bridgehead atoms. The quantitative estimate of drug-likeness (QED) is 0.329. The summed E-state index contributed by atoms with van der Waals surface area (Å²) >= 11 is 1.46. The van der Waals surface area contributed by atoms with E-state index < -0.39 is 10.4 Å². The first-order chi connectivity index (χ1) is 12.3. The number of imide groups is 1. The minimum absolute atomic E-state index is 0.0149. The summed E-state index contributed by atoms with van der Waals surface area (Å²) in [5.74, 6) is 0.236. The van der Waals surface area contributed by atoms with Crippen LogP contribution in [-0.2, 0) is 28.4 Å². The van der Waals surface area contributed by atoms with E-state index in [4.69, 9.17) is 4.18 Å². The largest absolute Gasteiger partial charge is 0.448 e. The summed E-state index contributed by atoms with van der Waals surface area (Å²) in [4.78, 5) is 25.8. The molecule has 0 aromatic rings. The number of nitrogens with zero attached hydrogens (tertiary/aromatic N) is 1. The molecule has 0 spiro atoms. The van der Waals surface area contributed by atoms with Crippen molar-refractivity contribution in [3.63, 3.8) is 0 Å². The predicted octanol–water partition coefficient (Wildman–Crippen LogP) is 3.39. The van der Waals surface area contributed by atoms with E-state index in [1.165, 1.54) is 23.9 Å². The molecule has 9 heteroatoms. The van der Waals surface area contributed by atoms with E-state index in [2.05, 4.69) is 4.18 Å². The molecule has 0 aromatic heterocycles. The van der Waals surface area contributed by atoms with Gasteiger partial charge in [0.1, 0.15) is 5.76 Å². The summed E-state index contributed by atoms with van der Waals surface area (Å²) in [6.45, 7) is 9.37. The lowest BCUT2D eigenvalue weighted by Crippen LogP contribution is -2.30. The Labute approximate surface area is 161 Å². The van der Waals surface area contributed by atoms with Gasteiger partial charge in [-0.05, 0) is 31.6 Å². The van der Waals surface area contributed by atoms with Gasteiger partial charge in [0.15, 0.2) is 0 Å². The fourth-order valence-corrected chi connectivity index (χ4v) is 3.57. The predicted molar refractivity (Wildman–Crippen MR) is 103 cm³/mol. The molecule has 7 nitrogen and oxygen atoms in total. The molecule has 0 aromatic carbocycles. The van der Waals surface area contributed by atoms with Crippen LogP contribution in [0.3, 0.4) is 0 Å². The summed E-state index contributed by atoms with van der Waals surface area (Å²) in [5, 5.41) is -0.384. The maximum absolute atomic E-state index is 12.5. The van der Waals surface area contributed by atoms with Crippen molar-refractivity contribution in [1.29, 1.82) is 0 Å². The standard InChI is InChI=1S/C15H23NO6S2.C2H6/c1-5-8-23-13-10-14(17)16(15(13)18)11(6-2)9-12(7-3)22-24(19,20)21-4;1-2/h7,9,13H,5-6,8,10H2,1-4H3;1-2H3/b11-9+,12-7+;. The van der Waals surface area contributed by atoms with E-state index >= 15 is 0 Å². The molecule has 1 fully saturated rings. The van der Waals surface area contributed by atoms with Crippen LogP contribution >= 0.6 is 11.8 Å². The third kappa shape index (κ3) is 7.13. The third-order valence-corrected chi connectivity index (χ3v) is 5.49. The van der Waals surface area contributed by atoms with Crippen molar-refractivity contribution in [3.8, 4) is 0 Å². The van der Waals surface area contributed by atoms with E-state index in [9.17, 15) is 18.0 Å². The molecule has 0 N–H and O–H groups in total. The van der Waals surface area contributed by atoms with E-state index in [0.29, 0.717) is 12.1 Å². The van der Waals surface area contributed by atoms with Crippen molar-refractivity contribution in [2.45, 2.75) is 59.1 Å². The van der Waals surface area contributed by atoms with Crippen molar-refractivity contribution in [2.75, 3.05) is 12.9 Å². The highest BCUT2D eigenvalue weighted by atomic mass is 32.3. The lowest BCUT2D eigenvalue weighted by atomic mass is 10.2. The molecule has 1 saturated heterocycles. The molecular weight excluding hydrogens is 378 g/mol. The smallest absolute Gasteiger partial charge is 0.362 e. The lowest BCUT2D eigenvalue weighted by molar-refractivity contribution is -0.135.